The lowest BCUT2D eigenvalue weighted by Gasteiger charge is -2.33. The Morgan fingerprint density at radius 2 is 1.27 bits per heavy atom. The first-order valence-corrected chi connectivity index (χ1v) is 17.6. The molecule has 5 nitrogen and oxygen atoms in total. The fourth-order valence-corrected chi connectivity index (χ4v) is 6.38. The summed E-state index contributed by atoms with van der Waals surface area (Å²) in [6.45, 7) is 8.22. The van der Waals surface area contributed by atoms with E-state index in [0.717, 1.165) is 33.8 Å². The fraction of sp³-hybridized carbons (Fsp3) is 0.170. The van der Waals surface area contributed by atoms with Gasteiger partial charge in [-0.25, -0.2) is 0 Å². The Bertz CT molecular complexity index is 2250. The molecule has 0 spiro atoms. The Labute approximate surface area is 320 Å². The number of nitriles is 3. The third kappa shape index (κ3) is 9.05. The fourth-order valence-electron chi connectivity index (χ4n) is 6.38. The highest BCUT2D eigenvalue weighted by Crippen LogP contribution is 2.55. The van der Waals surface area contributed by atoms with Gasteiger partial charge in [0.25, 0.3) is 5.60 Å². The minimum absolute atomic E-state index is 0.0698. The van der Waals surface area contributed by atoms with Gasteiger partial charge in [-0.1, -0.05) is 142 Å². The van der Waals surface area contributed by atoms with Crippen molar-refractivity contribution < 1.29 is 17.9 Å². The maximum atomic E-state index is 15.1. The van der Waals surface area contributed by atoms with Crippen LogP contribution >= 0.6 is 0 Å². The van der Waals surface area contributed by atoms with Crippen molar-refractivity contribution in [2.75, 3.05) is 4.90 Å². The molecule has 0 radical (unpaired) electrons. The van der Waals surface area contributed by atoms with Gasteiger partial charge in [-0.3, -0.25) is 0 Å². The number of halogens is 3. The Morgan fingerprint density at radius 1 is 0.745 bits per heavy atom. The first-order valence-electron chi connectivity index (χ1n) is 17.6. The van der Waals surface area contributed by atoms with Crippen LogP contribution in [0, 0.1) is 39.4 Å². The summed E-state index contributed by atoms with van der Waals surface area (Å²) in [4.78, 5) is 2.19. The van der Waals surface area contributed by atoms with Gasteiger partial charge in [-0.05, 0) is 66.3 Å². The van der Waals surface area contributed by atoms with Crippen molar-refractivity contribution in [1.82, 2.24) is 0 Å². The normalized spacial score (nSPS) is 16.5. The van der Waals surface area contributed by atoms with Gasteiger partial charge in [0, 0.05) is 28.2 Å². The van der Waals surface area contributed by atoms with Gasteiger partial charge >= 0.3 is 6.18 Å². The monoisotopic (exact) mass is 732 g/mol. The zero-order valence-electron chi connectivity index (χ0n) is 31.0. The lowest BCUT2D eigenvalue weighted by Crippen LogP contribution is -2.43. The van der Waals surface area contributed by atoms with Crippen molar-refractivity contribution in [3.63, 3.8) is 0 Å². The van der Waals surface area contributed by atoms with Crippen molar-refractivity contribution in [3.05, 3.63) is 190 Å². The summed E-state index contributed by atoms with van der Waals surface area (Å²) in [7, 11) is 0. The minimum atomic E-state index is -5.06. The van der Waals surface area contributed by atoms with Crippen molar-refractivity contribution >= 4 is 23.1 Å². The van der Waals surface area contributed by atoms with Gasteiger partial charge in [-0.2, -0.15) is 29.0 Å². The van der Waals surface area contributed by atoms with E-state index in [1.54, 1.807) is 30.4 Å². The van der Waals surface area contributed by atoms with Crippen LogP contribution in [0.2, 0.25) is 0 Å². The molecule has 0 aliphatic carbocycles. The molecule has 0 bridgehead atoms. The summed E-state index contributed by atoms with van der Waals surface area (Å²) in [5.41, 5.74) is 0.580. The smallest absolute Gasteiger partial charge is 0.437 e. The Kier molecular flexibility index (Phi) is 12.1. The SMILES string of the molecule is CC(=C\C=C\C1=C(C#N)C(=C(C#N)C#N)OC1(c1ccccc1)C(F)(F)F)/C=C(/C=C/c1ccc(N(c2ccccc2)c2ccccc2)cc1)CC(C)(C)C. The van der Waals surface area contributed by atoms with Crippen molar-refractivity contribution in [1.29, 1.82) is 15.8 Å². The highest BCUT2D eigenvalue weighted by molar-refractivity contribution is 5.77. The van der Waals surface area contributed by atoms with Gasteiger partial charge < -0.3 is 9.64 Å². The molecule has 0 N–H and O–H groups in total. The van der Waals surface area contributed by atoms with E-state index in [4.69, 9.17) is 4.74 Å². The van der Waals surface area contributed by atoms with Gasteiger partial charge in [0.2, 0.25) is 0 Å². The molecule has 0 fully saturated rings. The molecule has 1 unspecified atom stereocenters. The van der Waals surface area contributed by atoms with E-state index in [-0.39, 0.29) is 11.0 Å². The van der Waals surface area contributed by atoms with E-state index in [9.17, 15) is 15.8 Å². The van der Waals surface area contributed by atoms with E-state index in [2.05, 4.69) is 74.2 Å². The molecule has 0 amide bonds. The first kappa shape index (κ1) is 39.4. The lowest BCUT2D eigenvalue weighted by atomic mass is 9.84. The van der Waals surface area contributed by atoms with Gasteiger partial charge in [0.15, 0.2) is 11.3 Å². The molecule has 0 saturated carbocycles. The predicted molar refractivity (Wildman–Crippen MR) is 211 cm³/mol. The third-order valence-corrected chi connectivity index (χ3v) is 8.71. The Hall–Kier alpha value is -6.82. The lowest BCUT2D eigenvalue weighted by molar-refractivity contribution is -0.249. The summed E-state index contributed by atoms with van der Waals surface area (Å²) in [5, 5.41) is 29.1. The second-order valence-corrected chi connectivity index (χ2v) is 14.1. The maximum Gasteiger partial charge on any atom is 0.437 e. The summed E-state index contributed by atoms with van der Waals surface area (Å²) in [6.07, 6.45) is 5.96. The van der Waals surface area contributed by atoms with Crippen LogP contribution in [-0.4, -0.2) is 6.18 Å². The van der Waals surface area contributed by atoms with Crippen LogP contribution in [0.3, 0.4) is 0 Å². The molecule has 55 heavy (non-hydrogen) atoms. The number of nitrogens with zero attached hydrogens (tertiary/aromatic N) is 4. The summed E-state index contributed by atoms with van der Waals surface area (Å²) < 4.78 is 50.9. The minimum Gasteiger partial charge on any atom is -0.465 e. The largest absolute Gasteiger partial charge is 0.465 e. The van der Waals surface area contributed by atoms with Gasteiger partial charge in [-0.15, -0.1) is 0 Å². The number of ether oxygens (including phenoxy) is 1. The third-order valence-electron chi connectivity index (χ3n) is 8.71. The second kappa shape index (κ2) is 16.9. The van der Waals surface area contributed by atoms with Crippen LogP contribution < -0.4 is 4.90 Å². The van der Waals surface area contributed by atoms with Crippen LogP contribution in [0.1, 0.15) is 45.2 Å². The number of rotatable bonds is 10. The van der Waals surface area contributed by atoms with Gasteiger partial charge in [0.1, 0.15) is 23.8 Å². The van der Waals surface area contributed by atoms with E-state index < -0.39 is 34.3 Å². The first-order chi connectivity index (χ1) is 26.3. The van der Waals surface area contributed by atoms with E-state index in [1.165, 1.54) is 36.4 Å². The van der Waals surface area contributed by atoms with Gasteiger partial charge in [0.05, 0.1) is 0 Å². The number of hydrogen-bond acceptors (Lipinski definition) is 5. The number of allylic oxidation sites excluding steroid dienone is 8. The molecule has 0 saturated heterocycles. The molecular weight excluding hydrogens is 694 g/mol. The molecule has 0 aromatic heterocycles. The van der Waals surface area contributed by atoms with E-state index >= 15 is 13.2 Å². The van der Waals surface area contributed by atoms with E-state index in [0.29, 0.717) is 6.42 Å². The Balaban J connectivity index is 1.49. The molecule has 1 heterocycles. The maximum absolute atomic E-state index is 15.1. The summed E-state index contributed by atoms with van der Waals surface area (Å²) in [5.74, 6) is -0.701. The average molecular weight is 733 g/mol. The quantitative estimate of drug-likeness (QED) is 0.120. The molecule has 1 aliphatic heterocycles. The molecule has 8 heteroatoms. The highest BCUT2D eigenvalue weighted by Gasteiger charge is 2.65. The van der Waals surface area contributed by atoms with Crippen molar-refractivity contribution in [2.45, 2.75) is 45.9 Å². The number of benzene rings is 4. The Morgan fingerprint density at radius 3 is 1.76 bits per heavy atom. The van der Waals surface area contributed by atoms with Crippen LogP contribution in [0.5, 0.6) is 0 Å². The van der Waals surface area contributed by atoms with Crippen molar-refractivity contribution in [2.24, 2.45) is 5.41 Å². The highest BCUT2D eigenvalue weighted by atomic mass is 19.4. The summed E-state index contributed by atoms with van der Waals surface area (Å²) in [6, 6.07) is 40.4. The van der Waals surface area contributed by atoms with Crippen LogP contribution in [0.25, 0.3) is 6.08 Å². The molecule has 274 valence electrons. The van der Waals surface area contributed by atoms with Crippen molar-refractivity contribution in [3.8, 4) is 18.2 Å². The number of para-hydroxylation sites is 2. The van der Waals surface area contributed by atoms with Crippen LogP contribution in [0.15, 0.2) is 179 Å². The average Bonchev–Trinajstić information content (AvgIpc) is 3.51. The van der Waals surface area contributed by atoms with Crippen LogP contribution in [-0.2, 0) is 10.3 Å². The number of hydrogen-bond donors (Lipinski definition) is 0. The molecule has 4 aromatic rings. The zero-order valence-corrected chi connectivity index (χ0v) is 31.0. The standard InChI is InChI=1S/C47H39F3N4O/c1-34(15-14-22-43-42(33-53)44(37(31-51)32-52)55-46(43,47(48,49)50)38-16-8-5-9-17-38)29-36(30-45(2,3)4)24-23-35-25-27-41(28-26-35)54(39-18-10-6-11-19-39)40-20-12-7-13-21-40/h5-29H,30H2,1-4H3/b22-14+,24-23+,34-15+,36-29-. The van der Waals surface area contributed by atoms with Crippen LogP contribution in [0.4, 0.5) is 30.2 Å². The molecule has 5 rings (SSSR count). The summed E-state index contributed by atoms with van der Waals surface area (Å²) >= 11 is 0. The zero-order chi connectivity index (χ0) is 39.6. The molecule has 4 aromatic carbocycles. The number of anilines is 3. The number of alkyl halides is 3. The second-order valence-electron chi connectivity index (χ2n) is 14.1. The predicted octanol–water partition coefficient (Wildman–Crippen LogP) is 12.6. The van der Waals surface area contributed by atoms with E-state index in [1.807, 2.05) is 61.5 Å². The topological polar surface area (TPSA) is 83.8 Å². The molecule has 1 aliphatic rings. The molecule has 1 atom stereocenters. The molecular formula is C47H39F3N4O.